The van der Waals surface area contributed by atoms with E-state index in [9.17, 15) is 14.0 Å². The maximum atomic E-state index is 13.3. The van der Waals surface area contributed by atoms with E-state index in [0.717, 1.165) is 16.0 Å². The van der Waals surface area contributed by atoms with Gasteiger partial charge in [0.2, 0.25) is 5.91 Å². The second-order valence-corrected chi connectivity index (χ2v) is 7.91. The minimum atomic E-state index is -0.749. The number of rotatable bonds is 4. The minimum absolute atomic E-state index is 0.297. The Labute approximate surface area is 170 Å². The van der Waals surface area contributed by atoms with Crippen LogP contribution in [0.25, 0.3) is 21.3 Å². The molecule has 0 aliphatic carbocycles. The van der Waals surface area contributed by atoms with Crippen LogP contribution in [0.2, 0.25) is 0 Å². The maximum Gasteiger partial charge on any atom is 0.263 e. The van der Waals surface area contributed by atoms with Crippen LogP contribution in [0, 0.1) is 12.7 Å². The average Bonchev–Trinajstić information content (AvgIpc) is 3.06. The first kappa shape index (κ1) is 19.0. The normalized spacial score (nSPS) is 12.1. The monoisotopic (exact) mass is 407 g/mol. The van der Waals surface area contributed by atoms with Gasteiger partial charge >= 0.3 is 0 Å². The van der Waals surface area contributed by atoms with E-state index in [1.807, 2.05) is 25.1 Å². The van der Waals surface area contributed by atoms with Crippen molar-refractivity contribution in [1.29, 1.82) is 0 Å². The molecule has 1 amide bonds. The molecule has 0 saturated carbocycles. The first-order valence-electron chi connectivity index (χ1n) is 9.08. The fourth-order valence-electron chi connectivity index (χ4n) is 3.25. The van der Waals surface area contributed by atoms with E-state index < -0.39 is 6.04 Å². The van der Waals surface area contributed by atoms with Gasteiger partial charge in [0, 0.05) is 16.1 Å². The van der Waals surface area contributed by atoms with E-state index in [1.54, 1.807) is 31.2 Å². The number of fused-ring (bicyclic) bond motifs is 1. The Morgan fingerprint density at radius 3 is 2.52 bits per heavy atom. The molecular formula is C22H18FN3O2S. The number of aromatic nitrogens is 2. The van der Waals surface area contributed by atoms with Gasteiger partial charge in [0.1, 0.15) is 16.7 Å². The second kappa shape index (κ2) is 7.60. The molecular weight excluding hydrogens is 389 g/mol. The third-order valence-electron chi connectivity index (χ3n) is 4.78. The number of carbonyl (C=O) groups excluding carboxylic acids is 1. The summed E-state index contributed by atoms with van der Waals surface area (Å²) in [4.78, 5) is 31.9. The molecule has 0 saturated heterocycles. The summed E-state index contributed by atoms with van der Waals surface area (Å²) < 4.78 is 14.7. The molecule has 4 rings (SSSR count). The number of carbonyl (C=O) groups is 1. The summed E-state index contributed by atoms with van der Waals surface area (Å²) >= 11 is 1.40. The van der Waals surface area contributed by atoms with Crippen molar-refractivity contribution in [1.82, 2.24) is 9.55 Å². The van der Waals surface area contributed by atoms with Crippen LogP contribution in [0.3, 0.4) is 0 Å². The molecule has 2 aromatic heterocycles. The Hall–Kier alpha value is -3.32. The van der Waals surface area contributed by atoms with Crippen molar-refractivity contribution in [3.63, 3.8) is 0 Å². The molecule has 1 N–H and O–H groups in total. The summed E-state index contributed by atoms with van der Waals surface area (Å²) in [6.45, 7) is 3.56. The maximum absolute atomic E-state index is 13.3. The summed E-state index contributed by atoms with van der Waals surface area (Å²) in [5.74, 6) is -0.651. The molecule has 0 spiro atoms. The predicted octanol–water partition coefficient (Wildman–Crippen LogP) is 4.77. The number of halogens is 1. The molecule has 0 bridgehead atoms. The van der Waals surface area contributed by atoms with Crippen molar-refractivity contribution in [2.75, 3.05) is 5.32 Å². The van der Waals surface area contributed by atoms with E-state index in [2.05, 4.69) is 10.3 Å². The van der Waals surface area contributed by atoms with E-state index in [1.165, 1.54) is 34.4 Å². The average molecular weight is 407 g/mol. The van der Waals surface area contributed by atoms with Crippen molar-refractivity contribution in [2.24, 2.45) is 0 Å². The number of para-hydroxylation sites is 1. The number of amides is 1. The lowest BCUT2D eigenvalue weighted by atomic mass is 10.0. The first-order valence-corrected chi connectivity index (χ1v) is 9.89. The van der Waals surface area contributed by atoms with Crippen molar-refractivity contribution in [2.45, 2.75) is 19.9 Å². The van der Waals surface area contributed by atoms with Gasteiger partial charge in [-0.2, -0.15) is 0 Å². The van der Waals surface area contributed by atoms with Gasteiger partial charge in [-0.25, -0.2) is 9.37 Å². The zero-order chi connectivity index (χ0) is 20.5. The number of anilines is 1. The van der Waals surface area contributed by atoms with E-state index in [-0.39, 0.29) is 17.3 Å². The van der Waals surface area contributed by atoms with Crippen LogP contribution < -0.4 is 10.9 Å². The molecule has 146 valence electrons. The summed E-state index contributed by atoms with van der Waals surface area (Å²) in [6, 6.07) is 14.3. The number of hydrogen-bond donors (Lipinski definition) is 1. The third-order valence-corrected chi connectivity index (χ3v) is 5.80. The fraction of sp³-hybridized carbons (Fsp3) is 0.136. The van der Waals surface area contributed by atoms with Crippen LogP contribution >= 0.6 is 11.3 Å². The lowest BCUT2D eigenvalue weighted by Gasteiger charge is -2.15. The SMILES string of the molecule is Cc1sc2ncn([C@H](C)C(=O)Nc3ccccc3)c(=O)c2c1-c1ccc(F)cc1. The standard InChI is InChI=1S/C22H18FN3O2S/c1-13(20(27)25-17-6-4-3-5-7-17)26-12-24-21-19(22(26)28)18(14(2)29-21)15-8-10-16(23)11-9-15/h3-13H,1-2H3,(H,25,27)/t13-/m1/s1. The van der Waals surface area contributed by atoms with Gasteiger partial charge in [-0.3, -0.25) is 14.2 Å². The van der Waals surface area contributed by atoms with Gasteiger partial charge in [0.25, 0.3) is 5.56 Å². The Morgan fingerprint density at radius 2 is 1.83 bits per heavy atom. The van der Waals surface area contributed by atoms with Gasteiger partial charge in [0.05, 0.1) is 11.7 Å². The van der Waals surface area contributed by atoms with Crippen LogP contribution in [0.4, 0.5) is 10.1 Å². The predicted molar refractivity (Wildman–Crippen MR) is 114 cm³/mol. The van der Waals surface area contributed by atoms with Crippen molar-refractivity contribution >= 4 is 33.1 Å². The second-order valence-electron chi connectivity index (χ2n) is 6.71. The molecule has 29 heavy (non-hydrogen) atoms. The molecule has 0 aliphatic heterocycles. The van der Waals surface area contributed by atoms with Crippen molar-refractivity contribution in [3.05, 3.63) is 82.0 Å². The molecule has 2 heterocycles. The van der Waals surface area contributed by atoms with Crippen LogP contribution in [-0.2, 0) is 4.79 Å². The van der Waals surface area contributed by atoms with Crippen LogP contribution in [-0.4, -0.2) is 15.5 Å². The smallest absolute Gasteiger partial charge is 0.263 e. The molecule has 0 radical (unpaired) electrons. The van der Waals surface area contributed by atoms with Gasteiger partial charge in [-0.05, 0) is 43.7 Å². The largest absolute Gasteiger partial charge is 0.324 e. The molecule has 0 aliphatic rings. The lowest BCUT2D eigenvalue weighted by Crippen LogP contribution is -2.31. The van der Waals surface area contributed by atoms with E-state index >= 15 is 0 Å². The summed E-state index contributed by atoms with van der Waals surface area (Å²) in [5, 5.41) is 3.25. The zero-order valence-corrected chi connectivity index (χ0v) is 16.7. The fourth-order valence-corrected chi connectivity index (χ4v) is 4.25. The van der Waals surface area contributed by atoms with Crippen LogP contribution in [0.1, 0.15) is 17.8 Å². The Balaban J connectivity index is 1.77. The molecule has 2 aromatic carbocycles. The molecule has 4 aromatic rings. The quantitative estimate of drug-likeness (QED) is 0.530. The first-order chi connectivity index (χ1) is 14.0. The number of hydrogen-bond acceptors (Lipinski definition) is 4. The highest BCUT2D eigenvalue weighted by atomic mass is 32.1. The van der Waals surface area contributed by atoms with Gasteiger partial charge in [0.15, 0.2) is 0 Å². The van der Waals surface area contributed by atoms with Gasteiger partial charge < -0.3 is 5.32 Å². The third kappa shape index (κ3) is 3.56. The number of nitrogens with one attached hydrogen (secondary N) is 1. The highest BCUT2D eigenvalue weighted by Crippen LogP contribution is 2.35. The topological polar surface area (TPSA) is 64.0 Å². The zero-order valence-electron chi connectivity index (χ0n) is 15.8. The number of aryl methyl sites for hydroxylation is 1. The molecule has 7 heteroatoms. The van der Waals surface area contributed by atoms with E-state index in [4.69, 9.17) is 0 Å². The van der Waals surface area contributed by atoms with Crippen LogP contribution in [0.5, 0.6) is 0 Å². The summed E-state index contributed by atoms with van der Waals surface area (Å²) in [7, 11) is 0. The Bertz CT molecular complexity index is 1250. The van der Waals surface area contributed by atoms with Crippen LogP contribution in [0.15, 0.2) is 65.7 Å². The molecule has 0 fully saturated rings. The highest BCUT2D eigenvalue weighted by Gasteiger charge is 2.22. The van der Waals surface area contributed by atoms with Crippen molar-refractivity contribution < 1.29 is 9.18 Å². The van der Waals surface area contributed by atoms with Gasteiger partial charge in [-0.1, -0.05) is 30.3 Å². The Kier molecular flexibility index (Phi) is 4.98. The van der Waals surface area contributed by atoms with Crippen molar-refractivity contribution in [3.8, 4) is 11.1 Å². The number of thiophene rings is 1. The number of nitrogens with zero attached hydrogens (tertiary/aromatic N) is 2. The van der Waals surface area contributed by atoms with E-state index in [0.29, 0.717) is 15.9 Å². The summed E-state index contributed by atoms with van der Waals surface area (Å²) in [5.41, 5.74) is 1.83. The molecule has 5 nitrogen and oxygen atoms in total. The molecule has 1 atom stereocenters. The van der Waals surface area contributed by atoms with Gasteiger partial charge in [-0.15, -0.1) is 11.3 Å². The highest BCUT2D eigenvalue weighted by molar-refractivity contribution is 7.19. The minimum Gasteiger partial charge on any atom is -0.324 e. The Morgan fingerprint density at radius 1 is 1.14 bits per heavy atom. The molecule has 0 unspecified atom stereocenters. The summed E-state index contributed by atoms with van der Waals surface area (Å²) in [6.07, 6.45) is 1.41. The lowest BCUT2D eigenvalue weighted by molar-refractivity contribution is -0.118. The number of benzene rings is 2.